The van der Waals surface area contributed by atoms with Gasteiger partial charge < -0.3 is 10.2 Å². The van der Waals surface area contributed by atoms with Crippen LogP contribution in [-0.4, -0.2) is 29.9 Å². The van der Waals surface area contributed by atoms with E-state index in [2.05, 4.69) is 5.32 Å². The number of nitrogens with one attached hydrogen (secondary N) is 1. The van der Waals surface area contributed by atoms with Gasteiger partial charge in [0, 0.05) is 19.1 Å². The van der Waals surface area contributed by atoms with E-state index >= 15 is 0 Å². The summed E-state index contributed by atoms with van der Waals surface area (Å²) in [5.74, 6) is -0.544. The van der Waals surface area contributed by atoms with E-state index < -0.39 is 5.82 Å². The van der Waals surface area contributed by atoms with Crippen molar-refractivity contribution in [1.29, 1.82) is 0 Å². The molecule has 1 N–H and O–H groups in total. The summed E-state index contributed by atoms with van der Waals surface area (Å²) in [7, 11) is 0. The fourth-order valence-corrected chi connectivity index (χ4v) is 2.54. The fraction of sp³-hybridized carbons (Fsp3) is 0.417. The summed E-state index contributed by atoms with van der Waals surface area (Å²) in [5, 5.41) is 3.22. The third-order valence-electron chi connectivity index (χ3n) is 3.39. The first-order valence-electron chi connectivity index (χ1n) is 5.56. The van der Waals surface area contributed by atoms with E-state index in [-0.39, 0.29) is 17.5 Å². The van der Waals surface area contributed by atoms with Gasteiger partial charge >= 0.3 is 0 Å². The van der Waals surface area contributed by atoms with Gasteiger partial charge in [-0.25, -0.2) is 4.39 Å². The molecule has 0 aliphatic carbocycles. The third-order valence-corrected chi connectivity index (χ3v) is 3.39. The molecule has 0 aromatic heterocycles. The highest BCUT2D eigenvalue weighted by atomic mass is 19.1. The number of rotatable bonds is 1. The molecule has 16 heavy (non-hydrogen) atoms. The zero-order valence-electron chi connectivity index (χ0n) is 8.87. The lowest BCUT2D eigenvalue weighted by molar-refractivity contribution is 0.0714. The molecular weight excluding hydrogens is 207 g/mol. The second-order valence-electron chi connectivity index (χ2n) is 4.35. The van der Waals surface area contributed by atoms with Crippen LogP contribution < -0.4 is 5.32 Å². The molecule has 0 saturated carbocycles. The Labute approximate surface area is 93.2 Å². The lowest BCUT2D eigenvalue weighted by Gasteiger charge is -2.22. The number of nitrogens with zero attached hydrogens (tertiary/aromatic N) is 1. The Morgan fingerprint density at radius 3 is 3.00 bits per heavy atom. The molecule has 3 rings (SSSR count). The normalized spacial score (nSPS) is 23.9. The van der Waals surface area contributed by atoms with Crippen molar-refractivity contribution in [2.75, 3.05) is 13.1 Å². The van der Waals surface area contributed by atoms with Gasteiger partial charge in [0.2, 0.25) is 0 Å². The summed E-state index contributed by atoms with van der Waals surface area (Å²) in [6.45, 7) is 2.31. The fourth-order valence-electron chi connectivity index (χ4n) is 2.54. The number of carbonyl (C=O) groups excluding carboxylic acids is 1. The van der Waals surface area contributed by atoms with Crippen molar-refractivity contribution < 1.29 is 9.18 Å². The smallest absolute Gasteiger partial charge is 0.257 e. The summed E-state index contributed by atoms with van der Waals surface area (Å²) >= 11 is 0. The van der Waals surface area contributed by atoms with Crippen molar-refractivity contribution in [3.05, 3.63) is 35.1 Å². The standard InChI is InChI=1S/C12H13FN2O/c13-10-3-1-2-8-7-15(12(16)11(8)10)9-4-5-14-6-9/h1-3,9,14H,4-7H2/t9-/m0/s1. The Morgan fingerprint density at radius 1 is 1.44 bits per heavy atom. The maximum absolute atomic E-state index is 13.5. The maximum atomic E-state index is 13.5. The molecule has 1 atom stereocenters. The number of benzene rings is 1. The summed E-state index contributed by atoms with van der Waals surface area (Å²) in [5.41, 5.74) is 1.09. The van der Waals surface area contributed by atoms with Gasteiger partial charge in [0.25, 0.3) is 5.91 Å². The molecule has 0 radical (unpaired) electrons. The minimum atomic E-state index is -0.393. The van der Waals surface area contributed by atoms with E-state index in [1.807, 2.05) is 6.07 Å². The second kappa shape index (κ2) is 3.56. The third kappa shape index (κ3) is 1.33. The van der Waals surface area contributed by atoms with Gasteiger partial charge in [-0.3, -0.25) is 4.79 Å². The number of hydrogen-bond acceptors (Lipinski definition) is 2. The van der Waals surface area contributed by atoms with Crippen LogP contribution in [0.1, 0.15) is 22.3 Å². The number of fused-ring (bicyclic) bond motifs is 1. The van der Waals surface area contributed by atoms with Crippen LogP contribution in [0.4, 0.5) is 4.39 Å². The summed E-state index contributed by atoms with van der Waals surface area (Å²) < 4.78 is 13.5. The molecule has 0 bridgehead atoms. The van der Waals surface area contributed by atoms with Gasteiger partial charge in [0.1, 0.15) is 5.82 Å². The molecule has 1 amide bonds. The average Bonchev–Trinajstić information content (AvgIpc) is 2.86. The lowest BCUT2D eigenvalue weighted by Crippen LogP contribution is -2.37. The van der Waals surface area contributed by atoms with Crippen molar-refractivity contribution in [2.45, 2.75) is 19.0 Å². The second-order valence-corrected chi connectivity index (χ2v) is 4.35. The molecule has 3 nitrogen and oxygen atoms in total. The number of carbonyl (C=O) groups is 1. The molecule has 84 valence electrons. The average molecular weight is 220 g/mol. The van der Waals surface area contributed by atoms with Gasteiger partial charge in [-0.1, -0.05) is 12.1 Å². The predicted octanol–water partition coefficient (Wildman–Crippen LogP) is 1.14. The van der Waals surface area contributed by atoms with Crippen molar-refractivity contribution in [3.63, 3.8) is 0 Å². The Hall–Kier alpha value is -1.42. The molecule has 0 unspecified atom stereocenters. The van der Waals surface area contributed by atoms with Crippen LogP contribution in [0, 0.1) is 5.82 Å². The largest absolute Gasteiger partial charge is 0.330 e. The van der Waals surface area contributed by atoms with Crippen molar-refractivity contribution in [1.82, 2.24) is 10.2 Å². The van der Waals surface area contributed by atoms with E-state index in [9.17, 15) is 9.18 Å². The van der Waals surface area contributed by atoms with E-state index in [0.717, 1.165) is 25.1 Å². The molecule has 4 heteroatoms. The summed E-state index contributed by atoms with van der Waals surface area (Å²) in [6.07, 6.45) is 0.960. The lowest BCUT2D eigenvalue weighted by atomic mass is 10.1. The number of amides is 1. The quantitative estimate of drug-likeness (QED) is 0.769. The Morgan fingerprint density at radius 2 is 2.31 bits per heavy atom. The van der Waals surface area contributed by atoms with Gasteiger partial charge in [-0.2, -0.15) is 0 Å². The summed E-state index contributed by atoms with van der Waals surface area (Å²) in [4.78, 5) is 13.8. The van der Waals surface area contributed by atoms with E-state index in [1.165, 1.54) is 6.07 Å². The van der Waals surface area contributed by atoms with E-state index in [1.54, 1.807) is 11.0 Å². The monoisotopic (exact) mass is 220 g/mol. The highest BCUT2D eigenvalue weighted by molar-refractivity contribution is 5.98. The van der Waals surface area contributed by atoms with Crippen LogP contribution in [0.2, 0.25) is 0 Å². The van der Waals surface area contributed by atoms with Gasteiger partial charge in [-0.15, -0.1) is 0 Å². The maximum Gasteiger partial charge on any atom is 0.257 e. The highest BCUT2D eigenvalue weighted by Crippen LogP contribution is 2.28. The first-order chi connectivity index (χ1) is 7.77. The number of halogens is 1. The van der Waals surface area contributed by atoms with Gasteiger partial charge in [0.05, 0.1) is 5.56 Å². The molecule has 1 saturated heterocycles. The zero-order valence-corrected chi connectivity index (χ0v) is 8.87. The molecule has 2 heterocycles. The van der Waals surface area contributed by atoms with Crippen LogP contribution in [0.5, 0.6) is 0 Å². The van der Waals surface area contributed by atoms with Gasteiger partial charge in [0.15, 0.2) is 0 Å². The Bertz CT molecular complexity index is 441. The molecular formula is C12H13FN2O. The zero-order chi connectivity index (χ0) is 11.1. The van der Waals surface area contributed by atoms with Crippen LogP contribution >= 0.6 is 0 Å². The van der Waals surface area contributed by atoms with Crippen molar-refractivity contribution >= 4 is 5.91 Å². The molecule has 0 spiro atoms. The van der Waals surface area contributed by atoms with Crippen molar-refractivity contribution in [3.8, 4) is 0 Å². The van der Waals surface area contributed by atoms with Crippen LogP contribution in [0.25, 0.3) is 0 Å². The predicted molar refractivity (Wildman–Crippen MR) is 57.5 cm³/mol. The van der Waals surface area contributed by atoms with Crippen molar-refractivity contribution in [2.24, 2.45) is 0 Å². The van der Waals surface area contributed by atoms with Gasteiger partial charge in [-0.05, 0) is 24.6 Å². The first-order valence-corrected chi connectivity index (χ1v) is 5.56. The SMILES string of the molecule is O=C1c2c(F)cccc2CN1[C@H]1CCNC1. The molecule has 1 aromatic rings. The minimum absolute atomic E-state index is 0.151. The molecule has 2 aliphatic heterocycles. The van der Waals surface area contributed by atoms with E-state index in [0.29, 0.717) is 6.54 Å². The Kier molecular flexibility index (Phi) is 2.17. The molecule has 1 aromatic carbocycles. The summed E-state index contributed by atoms with van der Waals surface area (Å²) in [6, 6.07) is 5.07. The first kappa shape index (κ1) is 9.78. The van der Waals surface area contributed by atoms with Crippen LogP contribution in [0.15, 0.2) is 18.2 Å². The minimum Gasteiger partial charge on any atom is -0.330 e. The number of hydrogen-bond donors (Lipinski definition) is 1. The molecule has 2 aliphatic rings. The molecule has 1 fully saturated rings. The Balaban J connectivity index is 1.94. The highest BCUT2D eigenvalue weighted by Gasteiger charge is 2.35. The van der Waals surface area contributed by atoms with Crippen LogP contribution in [-0.2, 0) is 6.54 Å². The van der Waals surface area contributed by atoms with E-state index in [4.69, 9.17) is 0 Å². The topological polar surface area (TPSA) is 32.3 Å². The van der Waals surface area contributed by atoms with Crippen LogP contribution in [0.3, 0.4) is 0 Å².